The fourth-order valence-electron chi connectivity index (χ4n) is 4.13. The van der Waals surface area contributed by atoms with Gasteiger partial charge in [-0.1, -0.05) is 19.6 Å². The summed E-state index contributed by atoms with van der Waals surface area (Å²) in [5.41, 5.74) is 3.16. The van der Waals surface area contributed by atoms with Crippen molar-refractivity contribution >= 4 is 25.0 Å². The zero-order valence-electron chi connectivity index (χ0n) is 21.8. The van der Waals surface area contributed by atoms with Gasteiger partial charge in [-0.15, -0.1) is 0 Å². The van der Waals surface area contributed by atoms with Gasteiger partial charge in [-0.2, -0.15) is 0 Å². The van der Waals surface area contributed by atoms with Gasteiger partial charge in [0.2, 0.25) is 11.8 Å². The van der Waals surface area contributed by atoms with E-state index in [-0.39, 0.29) is 11.8 Å². The van der Waals surface area contributed by atoms with Crippen molar-refractivity contribution < 1.29 is 23.7 Å². The molecule has 3 heterocycles. The number of carbonyl (C=O) groups is 1. The number of aromatic nitrogens is 3. The van der Waals surface area contributed by atoms with Crippen molar-refractivity contribution in [1.82, 2.24) is 19.9 Å². The Morgan fingerprint density at radius 3 is 2.61 bits per heavy atom. The highest BCUT2D eigenvalue weighted by Crippen LogP contribution is 2.34. The first-order valence-corrected chi connectivity index (χ1v) is 16.0. The van der Waals surface area contributed by atoms with Crippen LogP contribution in [0.4, 0.5) is 0 Å². The predicted octanol–water partition coefficient (Wildman–Crippen LogP) is 4.33. The number of nitrogens with one attached hydrogen (secondary N) is 1. The zero-order valence-corrected chi connectivity index (χ0v) is 22.8. The summed E-state index contributed by atoms with van der Waals surface area (Å²) in [5.74, 6) is 2.15. The number of imidazole rings is 1. The number of hydrogen-bond donors (Lipinski definition) is 1. The molecule has 3 aromatic rings. The Labute approximate surface area is 213 Å². The van der Waals surface area contributed by atoms with Gasteiger partial charge in [0.05, 0.1) is 38.4 Å². The molecule has 4 rings (SSSR count). The van der Waals surface area contributed by atoms with Crippen LogP contribution in [0.3, 0.4) is 0 Å². The molecule has 0 spiro atoms. The van der Waals surface area contributed by atoms with Crippen molar-refractivity contribution in [3.8, 4) is 28.6 Å². The van der Waals surface area contributed by atoms with Crippen LogP contribution < -0.4 is 19.5 Å². The Kier molecular flexibility index (Phi) is 8.15. The molecule has 1 N–H and O–H groups in total. The van der Waals surface area contributed by atoms with Crippen LogP contribution in [0.2, 0.25) is 25.7 Å². The maximum Gasteiger partial charge on any atom is 0.240 e. The number of methoxy groups -OCH3 is 2. The molecular weight excluding hydrogens is 476 g/mol. The Morgan fingerprint density at radius 1 is 1.11 bits per heavy atom. The lowest BCUT2D eigenvalue weighted by Crippen LogP contribution is -2.22. The predicted molar refractivity (Wildman–Crippen MR) is 141 cm³/mol. The largest absolute Gasteiger partial charge is 0.493 e. The van der Waals surface area contributed by atoms with Gasteiger partial charge < -0.3 is 28.8 Å². The third-order valence-electron chi connectivity index (χ3n) is 6.30. The number of carbonyl (C=O) groups excluding carboxylic acids is 1. The number of pyridine rings is 1. The van der Waals surface area contributed by atoms with E-state index >= 15 is 0 Å². The van der Waals surface area contributed by atoms with Crippen LogP contribution in [0, 0.1) is 5.92 Å². The van der Waals surface area contributed by atoms with Gasteiger partial charge in [0, 0.05) is 33.2 Å². The molecule has 0 aliphatic carbocycles. The van der Waals surface area contributed by atoms with Gasteiger partial charge in [-0.25, -0.2) is 9.97 Å². The van der Waals surface area contributed by atoms with E-state index in [2.05, 4.69) is 29.9 Å². The van der Waals surface area contributed by atoms with Crippen LogP contribution in [0.1, 0.15) is 12.8 Å². The van der Waals surface area contributed by atoms with Crippen molar-refractivity contribution in [1.29, 1.82) is 0 Å². The summed E-state index contributed by atoms with van der Waals surface area (Å²) in [4.78, 5) is 21.0. The molecule has 2 aromatic heterocycles. The third-order valence-corrected chi connectivity index (χ3v) is 8.00. The smallest absolute Gasteiger partial charge is 0.240 e. The molecule has 0 bridgehead atoms. The number of amides is 1. The molecule has 1 fully saturated rings. The minimum atomic E-state index is -1.17. The Bertz CT molecular complexity index is 1210. The molecule has 1 atom stereocenters. The highest BCUT2D eigenvalue weighted by atomic mass is 28.3. The first-order chi connectivity index (χ1) is 17.3. The minimum absolute atomic E-state index is 0.101. The molecule has 1 aliphatic heterocycles. The van der Waals surface area contributed by atoms with E-state index in [1.54, 1.807) is 20.5 Å². The fraction of sp³-hybridized carbons (Fsp3) is 0.500. The molecule has 0 radical (unpaired) electrons. The molecule has 1 amide bonds. The second kappa shape index (κ2) is 11.3. The molecule has 0 unspecified atom stereocenters. The average Bonchev–Trinajstić information content (AvgIpc) is 3.46. The molecule has 1 aliphatic rings. The van der Waals surface area contributed by atoms with E-state index in [0.717, 1.165) is 34.8 Å². The molecule has 10 heteroatoms. The third kappa shape index (κ3) is 6.36. The number of fused-ring (bicyclic) bond motifs is 1. The molecular formula is C26H36N4O5Si. The van der Waals surface area contributed by atoms with Crippen LogP contribution in [-0.4, -0.2) is 62.5 Å². The Morgan fingerprint density at radius 2 is 1.92 bits per heavy atom. The SMILES string of the molecule is COc1ccc(-c2cc3ncn(COCC[Si](C)(C)C)c3c(OCC[C@H]3CNC(=O)C3)n2)cc1OC. The lowest BCUT2D eigenvalue weighted by molar-refractivity contribution is -0.119. The summed E-state index contributed by atoms with van der Waals surface area (Å²) in [7, 11) is 2.05. The first kappa shape index (κ1) is 26.0. The van der Waals surface area contributed by atoms with Gasteiger partial charge in [0.1, 0.15) is 12.2 Å². The summed E-state index contributed by atoms with van der Waals surface area (Å²) in [6.07, 6.45) is 3.08. The topological polar surface area (TPSA) is 96.7 Å². The molecule has 194 valence electrons. The second-order valence-electron chi connectivity index (χ2n) is 10.3. The lowest BCUT2D eigenvalue weighted by Gasteiger charge is -2.16. The highest BCUT2D eigenvalue weighted by molar-refractivity contribution is 6.76. The average molecular weight is 513 g/mol. The van der Waals surface area contributed by atoms with E-state index in [1.165, 1.54) is 0 Å². The van der Waals surface area contributed by atoms with Crippen LogP contribution in [0.15, 0.2) is 30.6 Å². The molecule has 9 nitrogen and oxygen atoms in total. The van der Waals surface area contributed by atoms with Crippen molar-refractivity contribution in [2.75, 3.05) is 34.0 Å². The van der Waals surface area contributed by atoms with Crippen LogP contribution >= 0.6 is 0 Å². The number of rotatable bonds is 12. The van der Waals surface area contributed by atoms with Gasteiger partial charge in [-0.3, -0.25) is 4.79 Å². The second-order valence-corrected chi connectivity index (χ2v) is 15.9. The monoisotopic (exact) mass is 512 g/mol. The summed E-state index contributed by atoms with van der Waals surface area (Å²) in [6, 6.07) is 8.73. The van der Waals surface area contributed by atoms with E-state index in [0.29, 0.717) is 50.3 Å². The molecule has 1 aromatic carbocycles. The summed E-state index contributed by atoms with van der Waals surface area (Å²) < 4.78 is 25.0. The maximum absolute atomic E-state index is 11.6. The fourth-order valence-corrected chi connectivity index (χ4v) is 4.89. The van der Waals surface area contributed by atoms with E-state index in [4.69, 9.17) is 23.9 Å². The first-order valence-electron chi connectivity index (χ1n) is 12.3. The number of benzene rings is 1. The van der Waals surface area contributed by atoms with Crippen LogP contribution in [0.25, 0.3) is 22.3 Å². The zero-order chi connectivity index (χ0) is 25.7. The van der Waals surface area contributed by atoms with Gasteiger partial charge in [-0.05, 0) is 42.6 Å². The summed E-state index contributed by atoms with van der Waals surface area (Å²) >= 11 is 0. The standard InChI is InChI=1S/C26H36N4O5Si/c1-32-22-7-6-19(13-23(22)33-2)20-14-21-25(30(16-28-21)17-34-10-11-36(3,4)5)26(29-20)35-9-8-18-12-24(31)27-15-18/h6-7,13-14,16,18H,8-12,15,17H2,1-5H3,(H,27,31)/t18-/m1/s1. The molecule has 0 saturated carbocycles. The summed E-state index contributed by atoms with van der Waals surface area (Å²) in [5, 5.41) is 2.88. The lowest BCUT2D eigenvalue weighted by atomic mass is 10.1. The normalized spacial score (nSPS) is 15.8. The quantitative estimate of drug-likeness (QED) is 0.285. The highest BCUT2D eigenvalue weighted by Gasteiger charge is 2.22. The van der Waals surface area contributed by atoms with Gasteiger partial charge in [0.25, 0.3) is 0 Å². The van der Waals surface area contributed by atoms with Crippen molar-refractivity contribution in [3.05, 3.63) is 30.6 Å². The molecule has 36 heavy (non-hydrogen) atoms. The summed E-state index contributed by atoms with van der Waals surface area (Å²) in [6.45, 7) is 9.26. The van der Waals surface area contributed by atoms with Gasteiger partial charge >= 0.3 is 0 Å². The van der Waals surface area contributed by atoms with Crippen LogP contribution in [-0.2, 0) is 16.3 Å². The van der Waals surface area contributed by atoms with E-state index < -0.39 is 8.07 Å². The maximum atomic E-state index is 11.6. The number of ether oxygens (including phenoxy) is 4. The Hall–Kier alpha value is -3.11. The van der Waals surface area contributed by atoms with E-state index in [1.807, 2.05) is 28.8 Å². The molecule has 1 saturated heterocycles. The Balaban J connectivity index is 1.60. The number of nitrogens with zero attached hydrogens (tertiary/aromatic N) is 3. The van der Waals surface area contributed by atoms with Crippen molar-refractivity contribution in [3.63, 3.8) is 0 Å². The van der Waals surface area contributed by atoms with Crippen LogP contribution in [0.5, 0.6) is 17.4 Å². The minimum Gasteiger partial charge on any atom is -0.493 e. The number of hydrogen-bond acceptors (Lipinski definition) is 7. The van der Waals surface area contributed by atoms with Crippen molar-refractivity contribution in [2.24, 2.45) is 5.92 Å². The van der Waals surface area contributed by atoms with Gasteiger partial charge in [0.15, 0.2) is 11.5 Å². The van der Waals surface area contributed by atoms with Crippen molar-refractivity contribution in [2.45, 2.75) is 45.3 Å². The van der Waals surface area contributed by atoms with E-state index in [9.17, 15) is 4.79 Å².